The maximum absolute atomic E-state index is 9.45. The molecule has 0 heterocycles. The normalized spacial score (nSPS) is 9.93. The Labute approximate surface area is 84.0 Å². The van der Waals surface area contributed by atoms with Gasteiger partial charge in [0.25, 0.3) is 6.47 Å². The van der Waals surface area contributed by atoms with Crippen LogP contribution >= 0.6 is 0 Å². The second-order valence-corrected chi connectivity index (χ2v) is 3.87. The van der Waals surface area contributed by atoms with Crippen LogP contribution in [0.1, 0.15) is 26.3 Å². The maximum Gasteiger partial charge on any atom is 0.290 e. The summed E-state index contributed by atoms with van der Waals surface area (Å²) in [4.78, 5) is 8.36. The molecule has 14 heavy (non-hydrogen) atoms. The quantitative estimate of drug-likeness (QED) is 0.626. The van der Waals surface area contributed by atoms with Crippen LogP contribution in [-0.2, 0) is 10.2 Å². The first-order valence-corrected chi connectivity index (χ1v) is 4.29. The van der Waals surface area contributed by atoms with Crippen molar-refractivity contribution in [1.29, 1.82) is 0 Å². The van der Waals surface area contributed by atoms with Crippen molar-refractivity contribution in [2.24, 2.45) is 0 Å². The molecule has 0 amide bonds. The number of hydrogen-bond acceptors (Lipinski definition) is 2. The summed E-state index contributed by atoms with van der Waals surface area (Å²) in [7, 11) is 0. The third kappa shape index (κ3) is 3.94. The number of phenolic OH excluding ortho intramolecular Hbond substituents is 1. The number of carbonyl (C=O) groups is 1. The summed E-state index contributed by atoms with van der Waals surface area (Å²) in [5.41, 5.74) is 1.03. The van der Waals surface area contributed by atoms with Crippen LogP contribution < -0.4 is 0 Å². The SMILES string of the molecule is CC(C)(C)c1ccccc1O.O=CO. The molecule has 0 unspecified atom stereocenters. The smallest absolute Gasteiger partial charge is 0.290 e. The summed E-state index contributed by atoms with van der Waals surface area (Å²) in [5, 5.41) is 16.3. The molecular weight excluding hydrogens is 180 g/mol. The third-order valence-corrected chi connectivity index (χ3v) is 1.71. The van der Waals surface area contributed by atoms with E-state index in [9.17, 15) is 5.11 Å². The van der Waals surface area contributed by atoms with E-state index in [1.807, 2.05) is 18.2 Å². The van der Waals surface area contributed by atoms with Crippen LogP contribution in [0.3, 0.4) is 0 Å². The van der Waals surface area contributed by atoms with E-state index in [0.29, 0.717) is 5.75 Å². The first kappa shape index (κ1) is 12.5. The molecule has 0 aliphatic rings. The van der Waals surface area contributed by atoms with Gasteiger partial charge in [-0.05, 0) is 17.0 Å². The fourth-order valence-corrected chi connectivity index (χ4v) is 1.11. The van der Waals surface area contributed by atoms with Crippen LogP contribution in [0.15, 0.2) is 24.3 Å². The lowest BCUT2D eigenvalue weighted by molar-refractivity contribution is -0.122. The first-order chi connectivity index (χ1) is 6.43. The summed E-state index contributed by atoms with van der Waals surface area (Å²) >= 11 is 0. The highest BCUT2D eigenvalue weighted by Gasteiger charge is 2.16. The summed E-state index contributed by atoms with van der Waals surface area (Å²) in [6.07, 6.45) is 0. The van der Waals surface area contributed by atoms with E-state index < -0.39 is 0 Å². The molecule has 0 saturated heterocycles. The Bertz CT molecular complexity index is 287. The zero-order chi connectivity index (χ0) is 11.2. The molecule has 0 fully saturated rings. The molecule has 78 valence electrons. The van der Waals surface area contributed by atoms with Gasteiger partial charge in [0.2, 0.25) is 0 Å². The van der Waals surface area contributed by atoms with Gasteiger partial charge in [0.15, 0.2) is 0 Å². The van der Waals surface area contributed by atoms with E-state index in [1.54, 1.807) is 6.07 Å². The molecule has 2 N–H and O–H groups in total. The Kier molecular flexibility index (Phi) is 4.70. The highest BCUT2D eigenvalue weighted by molar-refractivity contribution is 5.36. The van der Waals surface area contributed by atoms with Crippen molar-refractivity contribution in [3.05, 3.63) is 29.8 Å². The molecule has 0 atom stereocenters. The monoisotopic (exact) mass is 196 g/mol. The van der Waals surface area contributed by atoms with Crippen LogP contribution in [0.25, 0.3) is 0 Å². The van der Waals surface area contributed by atoms with Gasteiger partial charge >= 0.3 is 0 Å². The highest BCUT2D eigenvalue weighted by atomic mass is 16.3. The molecule has 1 aromatic rings. The van der Waals surface area contributed by atoms with Gasteiger partial charge in [-0.2, -0.15) is 0 Å². The average Bonchev–Trinajstić information content (AvgIpc) is 2.04. The van der Waals surface area contributed by atoms with Crippen molar-refractivity contribution in [1.82, 2.24) is 0 Å². The fraction of sp³-hybridized carbons (Fsp3) is 0.364. The summed E-state index contributed by atoms with van der Waals surface area (Å²) < 4.78 is 0. The number of aromatic hydroxyl groups is 1. The molecule has 0 aliphatic carbocycles. The van der Waals surface area contributed by atoms with E-state index in [-0.39, 0.29) is 11.9 Å². The van der Waals surface area contributed by atoms with Gasteiger partial charge in [-0.25, -0.2) is 0 Å². The van der Waals surface area contributed by atoms with E-state index in [1.165, 1.54) is 0 Å². The Balaban J connectivity index is 0.000000500. The molecule has 3 nitrogen and oxygen atoms in total. The zero-order valence-corrected chi connectivity index (χ0v) is 8.69. The van der Waals surface area contributed by atoms with Crippen molar-refractivity contribution >= 4 is 6.47 Å². The van der Waals surface area contributed by atoms with Crippen LogP contribution in [0.2, 0.25) is 0 Å². The van der Waals surface area contributed by atoms with Crippen molar-refractivity contribution in [3.63, 3.8) is 0 Å². The Morgan fingerprint density at radius 2 is 1.64 bits per heavy atom. The number of carboxylic acid groups (broad SMARTS) is 1. The summed E-state index contributed by atoms with van der Waals surface area (Å²) in [6, 6.07) is 7.46. The molecule has 0 spiro atoms. The number of benzene rings is 1. The molecule has 0 aliphatic heterocycles. The molecule has 1 aromatic carbocycles. The van der Waals surface area contributed by atoms with E-state index >= 15 is 0 Å². The van der Waals surface area contributed by atoms with E-state index in [2.05, 4.69) is 20.8 Å². The minimum atomic E-state index is -0.250. The fourth-order valence-electron chi connectivity index (χ4n) is 1.11. The Morgan fingerprint density at radius 1 is 1.21 bits per heavy atom. The maximum atomic E-state index is 9.45. The number of para-hydroxylation sites is 1. The molecule has 0 radical (unpaired) electrons. The Hall–Kier alpha value is -1.51. The van der Waals surface area contributed by atoms with E-state index in [4.69, 9.17) is 9.90 Å². The van der Waals surface area contributed by atoms with Crippen LogP contribution in [0, 0.1) is 0 Å². The Morgan fingerprint density at radius 3 is 1.93 bits per heavy atom. The second-order valence-electron chi connectivity index (χ2n) is 3.87. The predicted octanol–water partition coefficient (Wildman–Crippen LogP) is 2.39. The van der Waals surface area contributed by atoms with Crippen molar-refractivity contribution in [2.75, 3.05) is 0 Å². The standard InChI is InChI=1S/C10H14O.CH2O2/c1-10(2,3)8-6-4-5-7-9(8)11;2-1-3/h4-7,11H,1-3H3;1H,(H,2,3). The summed E-state index contributed by atoms with van der Waals surface area (Å²) in [6.45, 7) is 6.01. The lowest BCUT2D eigenvalue weighted by Gasteiger charge is -2.19. The third-order valence-electron chi connectivity index (χ3n) is 1.71. The second kappa shape index (κ2) is 5.27. The minimum Gasteiger partial charge on any atom is -0.508 e. The van der Waals surface area contributed by atoms with Crippen LogP contribution in [0.4, 0.5) is 0 Å². The van der Waals surface area contributed by atoms with Crippen LogP contribution in [0.5, 0.6) is 5.75 Å². The van der Waals surface area contributed by atoms with E-state index in [0.717, 1.165) is 5.56 Å². The van der Waals surface area contributed by atoms with Gasteiger partial charge < -0.3 is 10.2 Å². The van der Waals surface area contributed by atoms with Crippen molar-refractivity contribution in [2.45, 2.75) is 26.2 Å². The number of rotatable bonds is 0. The first-order valence-electron chi connectivity index (χ1n) is 4.29. The van der Waals surface area contributed by atoms with Gasteiger partial charge in [-0.1, -0.05) is 39.0 Å². The van der Waals surface area contributed by atoms with Gasteiger partial charge in [0.1, 0.15) is 5.75 Å². The molecule has 0 saturated carbocycles. The van der Waals surface area contributed by atoms with Gasteiger partial charge in [0, 0.05) is 0 Å². The molecule has 0 aromatic heterocycles. The largest absolute Gasteiger partial charge is 0.508 e. The van der Waals surface area contributed by atoms with Crippen molar-refractivity contribution in [3.8, 4) is 5.75 Å². The topological polar surface area (TPSA) is 57.5 Å². The number of hydrogen-bond donors (Lipinski definition) is 2. The van der Waals surface area contributed by atoms with Crippen molar-refractivity contribution < 1.29 is 15.0 Å². The summed E-state index contributed by atoms with van der Waals surface area (Å²) in [5.74, 6) is 0.389. The average molecular weight is 196 g/mol. The molecular formula is C11H16O3. The van der Waals surface area contributed by atoms with Gasteiger partial charge in [-0.15, -0.1) is 0 Å². The molecule has 3 heteroatoms. The van der Waals surface area contributed by atoms with Crippen LogP contribution in [-0.4, -0.2) is 16.7 Å². The highest BCUT2D eigenvalue weighted by Crippen LogP contribution is 2.29. The molecule has 1 rings (SSSR count). The minimum absolute atomic E-state index is 0.0331. The zero-order valence-electron chi connectivity index (χ0n) is 8.69. The lowest BCUT2D eigenvalue weighted by atomic mass is 9.86. The molecule has 0 bridgehead atoms. The van der Waals surface area contributed by atoms with Gasteiger partial charge in [0.05, 0.1) is 0 Å². The van der Waals surface area contributed by atoms with Gasteiger partial charge in [-0.3, -0.25) is 4.79 Å². The predicted molar refractivity (Wildman–Crippen MR) is 55.5 cm³/mol. The lowest BCUT2D eigenvalue weighted by Crippen LogP contribution is -2.10. The number of phenols is 1.